The molecule has 31 heavy (non-hydrogen) atoms. The van der Waals surface area contributed by atoms with Crippen molar-refractivity contribution < 1.29 is 21.9 Å². The molecule has 1 aromatic heterocycles. The molecule has 2 heterocycles. The summed E-state index contributed by atoms with van der Waals surface area (Å²) in [7, 11) is -4.98. The second-order valence-corrected chi connectivity index (χ2v) is 13.2. The summed E-state index contributed by atoms with van der Waals surface area (Å²) in [5.41, 5.74) is 0.895. The number of aliphatic hydroxyl groups excluding tert-OH is 1. The van der Waals surface area contributed by atoms with Gasteiger partial charge in [-0.15, -0.1) is 11.3 Å². The lowest BCUT2D eigenvalue weighted by Crippen LogP contribution is -2.40. The average molecular weight is 508 g/mol. The lowest BCUT2D eigenvalue weighted by Gasteiger charge is -2.39. The highest BCUT2D eigenvalue weighted by Gasteiger charge is 2.29. The second kappa shape index (κ2) is 9.63. The summed E-state index contributed by atoms with van der Waals surface area (Å²) in [5.74, 6) is 0. The fourth-order valence-corrected chi connectivity index (χ4v) is 7.88. The van der Waals surface area contributed by atoms with E-state index in [1.165, 1.54) is 26.2 Å². The van der Waals surface area contributed by atoms with Gasteiger partial charge < -0.3 is 10.0 Å². The predicted molar refractivity (Wildman–Crippen MR) is 124 cm³/mol. The Hall–Kier alpha value is -1.37. The average Bonchev–Trinajstić information content (AvgIpc) is 3.21. The molecule has 1 aliphatic heterocycles. The van der Waals surface area contributed by atoms with Gasteiger partial charge in [0.25, 0.3) is 20.0 Å². The van der Waals surface area contributed by atoms with Crippen molar-refractivity contribution in [1.29, 1.82) is 0 Å². The van der Waals surface area contributed by atoms with Crippen LogP contribution in [0.3, 0.4) is 0 Å². The standard InChI is InChI=1S/C19H26ClN3O5S3/c1-22(2)31(27,28)18-10-9-17(29-18)30(25,26)21-16-8-5-7-15(20)19(16)23-12-4-3-6-14(23)11-13-24/h5,7-10,14,21,24H,3-4,6,11-13H2,1-2H3. The number of thiophene rings is 1. The Morgan fingerprint density at radius 3 is 2.55 bits per heavy atom. The van der Waals surface area contributed by atoms with Gasteiger partial charge in [0.2, 0.25) is 0 Å². The van der Waals surface area contributed by atoms with Crippen LogP contribution in [0.25, 0.3) is 0 Å². The molecule has 2 aromatic rings. The molecule has 2 N–H and O–H groups in total. The number of hydrogen-bond acceptors (Lipinski definition) is 7. The molecule has 172 valence electrons. The first kappa shape index (κ1) is 24.3. The maximum atomic E-state index is 13.1. The monoisotopic (exact) mass is 507 g/mol. The summed E-state index contributed by atoms with van der Waals surface area (Å²) in [6, 6.07) is 7.62. The Bertz CT molecular complexity index is 1130. The highest BCUT2D eigenvalue weighted by atomic mass is 35.5. The molecule has 0 bridgehead atoms. The zero-order chi connectivity index (χ0) is 22.8. The van der Waals surface area contributed by atoms with Crippen LogP contribution in [0.1, 0.15) is 25.7 Å². The summed E-state index contributed by atoms with van der Waals surface area (Å²) in [4.78, 5) is 2.05. The number of hydrogen-bond donors (Lipinski definition) is 2. The van der Waals surface area contributed by atoms with E-state index in [1.807, 2.05) is 0 Å². The molecule has 1 fully saturated rings. The highest BCUT2D eigenvalue weighted by Crippen LogP contribution is 2.39. The number of nitrogens with zero attached hydrogens (tertiary/aromatic N) is 2. The molecule has 3 rings (SSSR count). The van der Waals surface area contributed by atoms with Crippen LogP contribution in [0.5, 0.6) is 0 Å². The van der Waals surface area contributed by atoms with Crippen molar-refractivity contribution in [3.8, 4) is 0 Å². The lowest BCUT2D eigenvalue weighted by molar-refractivity contribution is 0.262. The molecule has 1 unspecified atom stereocenters. The number of anilines is 2. The Labute approximate surface area is 192 Å². The van der Waals surface area contributed by atoms with Crippen LogP contribution in [0.2, 0.25) is 5.02 Å². The van der Waals surface area contributed by atoms with Crippen molar-refractivity contribution >= 4 is 54.4 Å². The van der Waals surface area contributed by atoms with Gasteiger partial charge in [-0.1, -0.05) is 17.7 Å². The van der Waals surface area contributed by atoms with Crippen molar-refractivity contribution in [2.45, 2.75) is 40.1 Å². The summed E-state index contributed by atoms with van der Waals surface area (Å²) in [6.07, 6.45) is 3.42. The van der Waals surface area contributed by atoms with Crippen LogP contribution in [0, 0.1) is 0 Å². The molecule has 0 amide bonds. The number of halogens is 1. The third kappa shape index (κ3) is 5.18. The first-order chi connectivity index (χ1) is 14.6. The maximum Gasteiger partial charge on any atom is 0.271 e. The lowest BCUT2D eigenvalue weighted by atomic mass is 9.98. The zero-order valence-corrected chi connectivity index (χ0v) is 20.5. The van der Waals surface area contributed by atoms with Crippen LogP contribution >= 0.6 is 22.9 Å². The van der Waals surface area contributed by atoms with E-state index in [-0.39, 0.29) is 21.1 Å². The summed E-state index contributed by atoms with van der Waals surface area (Å²) < 4.78 is 54.2. The largest absolute Gasteiger partial charge is 0.396 e. The molecule has 8 nitrogen and oxygen atoms in total. The minimum atomic E-state index is -4.04. The molecule has 0 saturated carbocycles. The van der Waals surface area contributed by atoms with Gasteiger partial charge in [0, 0.05) is 33.3 Å². The van der Waals surface area contributed by atoms with E-state index in [9.17, 15) is 21.9 Å². The zero-order valence-electron chi connectivity index (χ0n) is 17.3. The molecule has 0 radical (unpaired) electrons. The molecule has 1 atom stereocenters. The number of rotatable bonds is 8. The molecule has 1 aliphatic rings. The Kier molecular flexibility index (Phi) is 7.54. The van der Waals surface area contributed by atoms with Crippen molar-refractivity contribution in [2.24, 2.45) is 0 Å². The van der Waals surface area contributed by atoms with Crippen LogP contribution in [-0.4, -0.2) is 59.5 Å². The Morgan fingerprint density at radius 1 is 1.16 bits per heavy atom. The SMILES string of the molecule is CN(C)S(=O)(=O)c1ccc(S(=O)(=O)Nc2cccc(Cl)c2N2CCCCC2CCO)s1. The molecule has 0 aliphatic carbocycles. The van der Waals surface area contributed by atoms with Gasteiger partial charge >= 0.3 is 0 Å². The second-order valence-electron chi connectivity index (χ2n) is 7.46. The van der Waals surface area contributed by atoms with Gasteiger partial charge in [0.05, 0.1) is 16.4 Å². The van der Waals surface area contributed by atoms with E-state index in [0.29, 0.717) is 40.7 Å². The van der Waals surface area contributed by atoms with Crippen molar-refractivity contribution in [3.63, 3.8) is 0 Å². The number of sulfonamides is 2. The molecule has 1 saturated heterocycles. The number of aliphatic hydroxyl groups is 1. The maximum absolute atomic E-state index is 13.1. The van der Waals surface area contributed by atoms with E-state index in [0.717, 1.165) is 23.6 Å². The van der Waals surface area contributed by atoms with Crippen molar-refractivity contribution in [3.05, 3.63) is 35.4 Å². The van der Waals surface area contributed by atoms with Gasteiger partial charge in [-0.3, -0.25) is 4.72 Å². The fraction of sp³-hybridized carbons (Fsp3) is 0.474. The minimum absolute atomic E-state index is 0.0327. The fourth-order valence-electron chi connectivity index (χ4n) is 3.60. The first-order valence-electron chi connectivity index (χ1n) is 9.79. The summed E-state index contributed by atoms with van der Waals surface area (Å²) in [6.45, 7) is 0.734. The Balaban J connectivity index is 1.96. The highest BCUT2D eigenvalue weighted by molar-refractivity contribution is 7.96. The minimum Gasteiger partial charge on any atom is -0.396 e. The van der Waals surface area contributed by atoms with E-state index in [1.54, 1.807) is 18.2 Å². The van der Waals surface area contributed by atoms with Gasteiger partial charge in [-0.05, 0) is 49.9 Å². The molecular formula is C19H26ClN3O5S3. The number of nitrogens with one attached hydrogen (secondary N) is 1. The normalized spacial score (nSPS) is 17.8. The van der Waals surface area contributed by atoms with E-state index in [2.05, 4.69) is 9.62 Å². The van der Waals surface area contributed by atoms with Crippen molar-refractivity contribution in [1.82, 2.24) is 4.31 Å². The third-order valence-electron chi connectivity index (χ3n) is 5.16. The molecular weight excluding hydrogens is 482 g/mol. The van der Waals surface area contributed by atoms with Gasteiger partial charge in [0.15, 0.2) is 0 Å². The molecule has 0 spiro atoms. The summed E-state index contributed by atoms with van der Waals surface area (Å²) >= 11 is 7.17. The Morgan fingerprint density at radius 2 is 1.87 bits per heavy atom. The van der Waals surface area contributed by atoms with Crippen molar-refractivity contribution in [2.75, 3.05) is 36.9 Å². The summed E-state index contributed by atoms with van der Waals surface area (Å²) in [5, 5.41) is 9.85. The smallest absolute Gasteiger partial charge is 0.271 e. The van der Waals surface area contributed by atoms with Crippen LogP contribution in [0.4, 0.5) is 11.4 Å². The number of piperidine rings is 1. The van der Waals surface area contributed by atoms with E-state index >= 15 is 0 Å². The third-order valence-corrected chi connectivity index (χ3v) is 10.7. The van der Waals surface area contributed by atoms with Crippen LogP contribution in [-0.2, 0) is 20.0 Å². The van der Waals surface area contributed by atoms with Gasteiger partial charge in [-0.2, -0.15) is 0 Å². The molecule has 12 heteroatoms. The van der Waals surface area contributed by atoms with E-state index in [4.69, 9.17) is 11.6 Å². The van der Waals surface area contributed by atoms with Gasteiger partial charge in [-0.25, -0.2) is 21.1 Å². The van der Waals surface area contributed by atoms with Gasteiger partial charge in [0.1, 0.15) is 8.42 Å². The predicted octanol–water partition coefficient (Wildman–Crippen LogP) is 3.19. The van der Waals surface area contributed by atoms with Crippen LogP contribution in [0.15, 0.2) is 38.8 Å². The molecule has 1 aromatic carbocycles. The number of benzene rings is 1. The first-order valence-corrected chi connectivity index (χ1v) is 13.9. The van der Waals surface area contributed by atoms with E-state index < -0.39 is 20.0 Å². The quantitative estimate of drug-likeness (QED) is 0.568. The topological polar surface area (TPSA) is 107 Å². The number of para-hydroxylation sites is 1. The van der Waals surface area contributed by atoms with Crippen LogP contribution < -0.4 is 9.62 Å².